The predicted octanol–water partition coefficient (Wildman–Crippen LogP) is 0.814. The minimum atomic E-state index is -0.0362. The molecule has 0 saturated carbocycles. The minimum absolute atomic E-state index is 0.0362. The monoisotopic (exact) mass is 148 g/mol. The van der Waals surface area contributed by atoms with Gasteiger partial charge in [0.15, 0.2) is 0 Å². The lowest BCUT2D eigenvalue weighted by molar-refractivity contribution is 1.19. The van der Waals surface area contributed by atoms with Gasteiger partial charge in [-0.15, -0.1) is 0 Å². The Labute approximate surface area is 63.8 Å². The molecular weight excluding hydrogens is 140 g/mol. The van der Waals surface area contributed by atoms with Gasteiger partial charge in [0, 0.05) is 18.4 Å². The molecule has 1 aliphatic heterocycles. The first-order valence-electron chi connectivity index (χ1n) is 3.50. The third kappa shape index (κ3) is 0.941. The molecule has 0 aliphatic carbocycles. The average Bonchev–Trinajstić information content (AvgIpc) is 2.06. The van der Waals surface area contributed by atoms with Crippen LogP contribution in [0.4, 0.5) is 5.69 Å². The van der Waals surface area contributed by atoms with Crippen LogP contribution in [0.5, 0.6) is 0 Å². The van der Waals surface area contributed by atoms with Crippen LogP contribution in [-0.4, -0.2) is 11.5 Å². The maximum absolute atomic E-state index is 11.1. The fraction of sp³-hybridized carbons (Fsp3) is 0.125. The third-order valence-corrected chi connectivity index (χ3v) is 1.69. The van der Waals surface area contributed by atoms with Gasteiger partial charge in [-0.3, -0.25) is 4.79 Å². The van der Waals surface area contributed by atoms with Crippen molar-refractivity contribution in [2.45, 2.75) is 0 Å². The molecule has 1 aromatic heterocycles. The van der Waals surface area contributed by atoms with Gasteiger partial charge < -0.3 is 10.3 Å². The Morgan fingerprint density at radius 3 is 3.18 bits per heavy atom. The van der Waals surface area contributed by atoms with E-state index in [-0.39, 0.29) is 5.56 Å². The summed E-state index contributed by atoms with van der Waals surface area (Å²) in [6.07, 6.45) is 5.41. The Hall–Kier alpha value is -1.51. The second-order valence-electron chi connectivity index (χ2n) is 2.42. The van der Waals surface area contributed by atoms with E-state index in [0.717, 1.165) is 17.8 Å². The van der Waals surface area contributed by atoms with E-state index in [1.165, 1.54) is 0 Å². The quantitative estimate of drug-likeness (QED) is 0.572. The van der Waals surface area contributed by atoms with Crippen molar-refractivity contribution in [1.82, 2.24) is 4.98 Å². The van der Waals surface area contributed by atoms with E-state index < -0.39 is 0 Å². The molecule has 0 fully saturated rings. The molecule has 0 saturated heterocycles. The molecule has 3 nitrogen and oxygen atoms in total. The largest absolute Gasteiger partial charge is 0.381 e. The van der Waals surface area contributed by atoms with Crippen LogP contribution in [0, 0.1) is 0 Å². The number of hydrogen-bond acceptors (Lipinski definition) is 2. The summed E-state index contributed by atoms with van der Waals surface area (Å²) in [6.45, 7) is 0.802. The summed E-state index contributed by atoms with van der Waals surface area (Å²) >= 11 is 0. The standard InChI is InChI=1S/C8H8N2O/c11-8-6-2-1-4-9-7(6)3-5-10-8/h1-3,5,9H,4H2,(H,10,11). The zero-order chi connectivity index (χ0) is 7.68. The Bertz CT molecular complexity index is 351. The first-order valence-corrected chi connectivity index (χ1v) is 3.50. The molecule has 2 N–H and O–H groups in total. The predicted molar refractivity (Wildman–Crippen MR) is 44.6 cm³/mol. The van der Waals surface area contributed by atoms with Gasteiger partial charge in [-0.05, 0) is 12.1 Å². The van der Waals surface area contributed by atoms with Crippen molar-refractivity contribution >= 4 is 11.8 Å². The number of anilines is 1. The SMILES string of the molecule is O=c1[nH]ccc2c1C=CCN2. The Balaban J connectivity index is 2.70. The number of hydrogen-bond donors (Lipinski definition) is 2. The number of H-pyrrole nitrogens is 1. The van der Waals surface area contributed by atoms with Gasteiger partial charge >= 0.3 is 0 Å². The maximum atomic E-state index is 11.1. The van der Waals surface area contributed by atoms with Crippen LogP contribution >= 0.6 is 0 Å². The summed E-state index contributed by atoms with van der Waals surface area (Å²) in [4.78, 5) is 13.7. The normalized spacial score (nSPS) is 13.8. The molecule has 1 aromatic rings. The van der Waals surface area contributed by atoms with Crippen molar-refractivity contribution in [3.63, 3.8) is 0 Å². The molecule has 0 amide bonds. The van der Waals surface area contributed by atoms with Gasteiger partial charge in [-0.2, -0.15) is 0 Å². The lowest BCUT2D eigenvalue weighted by Gasteiger charge is -2.10. The fourth-order valence-corrected chi connectivity index (χ4v) is 1.16. The number of nitrogens with one attached hydrogen (secondary N) is 2. The smallest absolute Gasteiger partial charge is 0.257 e. The lowest BCUT2D eigenvalue weighted by Crippen LogP contribution is -2.15. The van der Waals surface area contributed by atoms with E-state index in [4.69, 9.17) is 0 Å². The molecule has 56 valence electrons. The first-order chi connectivity index (χ1) is 5.38. The summed E-state index contributed by atoms with van der Waals surface area (Å²) in [6, 6.07) is 1.86. The van der Waals surface area contributed by atoms with Crippen LogP contribution in [0.3, 0.4) is 0 Å². The second-order valence-corrected chi connectivity index (χ2v) is 2.42. The molecule has 1 aliphatic rings. The Kier molecular flexibility index (Phi) is 1.28. The molecule has 0 bridgehead atoms. The number of aromatic nitrogens is 1. The van der Waals surface area contributed by atoms with Gasteiger partial charge in [-0.1, -0.05) is 6.08 Å². The van der Waals surface area contributed by atoms with Crippen LogP contribution in [0.1, 0.15) is 5.56 Å². The third-order valence-electron chi connectivity index (χ3n) is 1.69. The summed E-state index contributed by atoms with van der Waals surface area (Å²) in [7, 11) is 0. The van der Waals surface area contributed by atoms with E-state index in [9.17, 15) is 4.79 Å². The van der Waals surface area contributed by atoms with Gasteiger partial charge in [0.05, 0.1) is 5.56 Å². The molecular formula is C8H8N2O. The minimum Gasteiger partial charge on any atom is -0.381 e. The highest BCUT2D eigenvalue weighted by Crippen LogP contribution is 2.14. The highest BCUT2D eigenvalue weighted by molar-refractivity contribution is 5.68. The molecule has 2 rings (SSSR count). The molecule has 3 heteroatoms. The van der Waals surface area contributed by atoms with Gasteiger partial charge in [0.1, 0.15) is 0 Å². The molecule has 0 aromatic carbocycles. The average molecular weight is 148 g/mol. The van der Waals surface area contributed by atoms with E-state index in [2.05, 4.69) is 10.3 Å². The molecule has 0 unspecified atom stereocenters. The first kappa shape index (κ1) is 6.22. The molecule has 0 radical (unpaired) electrons. The van der Waals surface area contributed by atoms with E-state index in [0.29, 0.717) is 0 Å². The van der Waals surface area contributed by atoms with E-state index >= 15 is 0 Å². The molecule has 2 heterocycles. The van der Waals surface area contributed by atoms with E-state index in [1.54, 1.807) is 6.20 Å². The lowest BCUT2D eigenvalue weighted by atomic mass is 10.1. The summed E-state index contributed by atoms with van der Waals surface area (Å²) < 4.78 is 0. The molecule has 0 atom stereocenters. The number of pyridine rings is 1. The summed E-state index contributed by atoms with van der Waals surface area (Å²) in [5, 5.41) is 3.10. The number of aromatic amines is 1. The second kappa shape index (κ2) is 2.27. The van der Waals surface area contributed by atoms with Crippen molar-refractivity contribution in [3.05, 3.63) is 34.3 Å². The van der Waals surface area contributed by atoms with Crippen LogP contribution in [0.2, 0.25) is 0 Å². The van der Waals surface area contributed by atoms with Gasteiger partial charge in [0.25, 0.3) is 5.56 Å². The van der Waals surface area contributed by atoms with Crippen LogP contribution in [0.25, 0.3) is 6.08 Å². The van der Waals surface area contributed by atoms with Crippen LogP contribution < -0.4 is 10.9 Å². The Morgan fingerprint density at radius 1 is 1.45 bits per heavy atom. The summed E-state index contributed by atoms with van der Waals surface area (Å²) in [5.74, 6) is 0. The molecule has 0 spiro atoms. The van der Waals surface area contributed by atoms with Crippen molar-refractivity contribution in [1.29, 1.82) is 0 Å². The molecule has 11 heavy (non-hydrogen) atoms. The van der Waals surface area contributed by atoms with Gasteiger partial charge in [0.2, 0.25) is 0 Å². The maximum Gasteiger partial charge on any atom is 0.257 e. The van der Waals surface area contributed by atoms with Crippen molar-refractivity contribution in [2.75, 3.05) is 11.9 Å². The number of rotatable bonds is 0. The zero-order valence-corrected chi connectivity index (χ0v) is 5.92. The van der Waals surface area contributed by atoms with Crippen molar-refractivity contribution in [2.24, 2.45) is 0 Å². The van der Waals surface area contributed by atoms with Crippen LogP contribution in [0.15, 0.2) is 23.1 Å². The topological polar surface area (TPSA) is 44.9 Å². The summed E-state index contributed by atoms with van der Waals surface area (Å²) in [5.41, 5.74) is 1.60. The van der Waals surface area contributed by atoms with Crippen molar-refractivity contribution < 1.29 is 0 Å². The van der Waals surface area contributed by atoms with Gasteiger partial charge in [-0.25, -0.2) is 0 Å². The zero-order valence-electron chi connectivity index (χ0n) is 5.92. The van der Waals surface area contributed by atoms with Crippen LogP contribution in [-0.2, 0) is 0 Å². The Morgan fingerprint density at radius 2 is 2.36 bits per heavy atom. The number of fused-ring (bicyclic) bond motifs is 1. The fourth-order valence-electron chi connectivity index (χ4n) is 1.16. The highest BCUT2D eigenvalue weighted by atomic mass is 16.1. The van der Waals surface area contributed by atoms with E-state index in [1.807, 2.05) is 18.2 Å². The van der Waals surface area contributed by atoms with Crippen molar-refractivity contribution in [3.8, 4) is 0 Å². The highest BCUT2D eigenvalue weighted by Gasteiger charge is 2.04.